The maximum Gasteiger partial charge on any atom is 0.325 e. The minimum atomic E-state index is -0.924. The number of nitrogens with zero attached hydrogens (tertiary/aromatic N) is 1. The zero-order valence-electron chi connectivity index (χ0n) is 11.8. The molecule has 0 aliphatic carbocycles. The van der Waals surface area contributed by atoms with Crippen LogP contribution in [0.2, 0.25) is 0 Å². The van der Waals surface area contributed by atoms with Crippen molar-refractivity contribution in [3.05, 3.63) is 39.7 Å². The average Bonchev–Trinajstić information content (AvgIpc) is 2.33. The summed E-state index contributed by atoms with van der Waals surface area (Å²) in [5.41, 5.74) is -1.71. The number of carbonyl (C=O) groups excluding carboxylic acids is 2. The summed E-state index contributed by atoms with van der Waals surface area (Å²) in [6, 6.07) is 2.50. The summed E-state index contributed by atoms with van der Waals surface area (Å²) < 4.78 is 18.1. The first kappa shape index (κ1) is 16.5. The second-order valence-corrected chi connectivity index (χ2v) is 5.19. The zero-order valence-corrected chi connectivity index (χ0v) is 11.8. The lowest BCUT2D eigenvalue weighted by Crippen LogP contribution is -2.34. The van der Waals surface area contributed by atoms with E-state index in [1.807, 2.05) is 0 Å². The summed E-state index contributed by atoms with van der Waals surface area (Å²) in [4.78, 5) is 33.2. The SMILES string of the molecule is CC(C)(C)OC(=O)CNC(=O)c1cc(F)ccc1[N+](=O)[O-]. The molecule has 1 aromatic rings. The van der Waals surface area contributed by atoms with Crippen LogP contribution < -0.4 is 5.32 Å². The largest absolute Gasteiger partial charge is 0.459 e. The first-order valence-electron chi connectivity index (χ1n) is 6.04. The van der Waals surface area contributed by atoms with Crippen LogP contribution in [0.1, 0.15) is 31.1 Å². The Hall–Kier alpha value is -2.51. The molecule has 1 aromatic carbocycles. The maximum absolute atomic E-state index is 13.1. The van der Waals surface area contributed by atoms with Crippen molar-refractivity contribution in [3.8, 4) is 0 Å². The van der Waals surface area contributed by atoms with E-state index in [-0.39, 0.29) is 0 Å². The van der Waals surface area contributed by atoms with Crippen LogP contribution in [0.25, 0.3) is 0 Å². The van der Waals surface area contributed by atoms with Crippen LogP contribution in [0.3, 0.4) is 0 Å². The lowest BCUT2D eigenvalue weighted by molar-refractivity contribution is -0.385. The van der Waals surface area contributed by atoms with Gasteiger partial charge in [-0.05, 0) is 32.9 Å². The Labute approximate surface area is 120 Å². The van der Waals surface area contributed by atoms with Gasteiger partial charge in [0, 0.05) is 6.07 Å². The van der Waals surface area contributed by atoms with E-state index in [1.54, 1.807) is 20.8 Å². The van der Waals surface area contributed by atoms with E-state index in [1.165, 1.54) is 0 Å². The number of carbonyl (C=O) groups is 2. The van der Waals surface area contributed by atoms with Crippen molar-refractivity contribution in [2.45, 2.75) is 26.4 Å². The number of halogens is 1. The fourth-order valence-electron chi connectivity index (χ4n) is 1.47. The molecule has 114 valence electrons. The Bertz CT molecular complexity index is 580. The summed E-state index contributed by atoms with van der Waals surface area (Å²) in [5, 5.41) is 12.9. The van der Waals surface area contributed by atoms with Gasteiger partial charge >= 0.3 is 5.97 Å². The first-order valence-corrected chi connectivity index (χ1v) is 6.04. The monoisotopic (exact) mass is 298 g/mol. The van der Waals surface area contributed by atoms with Crippen molar-refractivity contribution in [2.75, 3.05) is 6.54 Å². The highest BCUT2D eigenvalue weighted by Gasteiger charge is 2.22. The third kappa shape index (κ3) is 5.17. The lowest BCUT2D eigenvalue weighted by Gasteiger charge is -2.19. The molecule has 8 heteroatoms. The summed E-state index contributed by atoms with van der Waals surface area (Å²) in [6.45, 7) is 4.50. The molecule has 0 saturated carbocycles. The van der Waals surface area contributed by atoms with Gasteiger partial charge in [-0.3, -0.25) is 19.7 Å². The van der Waals surface area contributed by atoms with Crippen molar-refractivity contribution < 1.29 is 23.6 Å². The van der Waals surface area contributed by atoms with E-state index < -0.39 is 46.0 Å². The molecule has 1 N–H and O–H groups in total. The average molecular weight is 298 g/mol. The van der Waals surface area contributed by atoms with Gasteiger partial charge in [0.2, 0.25) is 0 Å². The molecule has 0 bridgehead atoms. The van der Waals surface area contributed by atoms with E-state index in [4.69, 9.17) is 4.74 Å². The number of nitro benzene ring substituents is 1. The van der Waals surface area contributed by atoms with Gasteiger partial charge in [-0.2, -0.15) is 0 Å². The molecule has 0 spiro atoms. The van der Waals surface area contributed by atoms with Crippen LogP contribution in [-0.2, 0) is 9.53 Å². The Morgan fingerprint density at radius 2 is 2.00 bits per heavy atom. The van der Waals surface area contributed by atoms with Gasteiger partial charge in [0.1, 0.15) is 23.5 Å². The van der Waals surface area contributed by atoms with Crippen LogP contribution in [0.5, 0.6) is 0 Å². The molecular weight excluding hydrogens is 283 g/mol. The van der Waals surface area contributed by atoms with Crippen LogP contribution in [-0.4, -0.2) is 28.9 Å². The summed E-state index contributed by atoms with van der Waals surface area (Å²) in [7, 11) is 0. The van der Waals surface area contributed by atoms with Crippen LogP contribution in [0.15, 0.2) is 18.2 Å². The van der Waals surface area contributed by atoms with E-state index in [0.717, 1.165) is 18.2 Å². The lowest BCUT2D eigenvalue weighted by atomic mass is 10.1. The second kappa shape index (κ2) is 6.29. The highest BCUT2D eigenvalue weighted by molar-refractivity contribution is 5.99. The van der Waals surface area contributed by atoms with Gasteiger partial charge in [-0.1, -0.05) is 0 Å². The quantitative estimate of drug-likeness (QED) is 0.519. The molecule has 0 aliphatic rings. The number of rotatable bonds is 4. The minimum Gasteiger partial charge on any atom is -0.459 e. The molecule has 7 nitrogen and oxygen atoms in total. The third-order valence-electron chi connectivity index (χ3n) is 2.21. The Balaban J connectivity index is 2.79. The summed E-state index contributed by atoms with van der Waals surface area (Å²) in [6.07, 6.45) is 0. The van der Waals surface area contributed by atoms with E-state index in [2.05, 4.69) is 5.32 Å². The zero-order chi connectivity index (χ0) is 16.2. The Kier molecular flexibility index (Phi) is 4.96. The van der Waals surface area contributed by atoms with E-state index in [9.17, 15) is 24.1 Å². The fourth-order valence-corrected chi connectivity index (χ4v) is 1.47. The normalized spacial score (nSPS) is 10.9. The molecule has 0 heterocycles. The minimum absolute atomic E-state index is 0.455. The Morgan fingerprint density at radius 3 is 2.52 bits per heavy atom. The van der Waals surface area contributed by atoms with Gasteiger partial charge in [-0.25, -0.2) is 4.39 Å². The molecule has 1 rings (SSSR count). The third-order valence-corrected chi connectivity index (χ3v) is 2.21. The maximum atomic E-state index is 13.1. The first-order chi connectivity index (χ1) is 9.60. The van der Waals surface area contributed by atoms with E-state index in [0.29, 0.717) is 0 Å². The molecule has 0 unspecified atom stereocenters. The van der Waals surface area contributed by atoms with Gasteiger partial charge in [0.25, 0.3) is 11.6 Å². The smallest absolute Gasteiger partial charge is 0.325 e. The molecule has 0 aromatic heterocycles. The standard InChI is InChI=1S/C13H15FN2O5/c1-13(2,3)21-11(17)7-15-12(18)9-6-8(14)4-5-10(9)16(19)20/h4-6H,7H2,1-3H3,(H,15,18). The highest BCUT2D eigenvalue weighted by atomic mass is 19.1. The number of hydrogen-bond donors (Lipinski definition) is 1. The topological polar surface area (TPSA) is 98.5 Å². The molecule has 0 fully saturated rings. The molecule has 0 radical (unpaired) electrons. The molecular formula is C13H15FN2O5. The van der Waals surface area contributed by atoms with Gasteiger partial charge in [-0.15, -0.1) is 0 Å². The predicted molar refractivity (Wildman–Crippen MR) is 71.2 cm³/mol. The van der Waals surface area contributed by atoms with Crippen LogP contribution in [0.4, 0.5) is 10.1 Å². The number of nitrogens with one attached hydrogen (secondary N) is 1. The number of ether oxygens (including phenoxy) is 1. The van der Waals surface area contributed by atoms with Crippen LogP contribution >= 0.6 is 0 Å². The highest BCUT2D eigenvalue weighted by Crippen LogP contribution is 2.19. The number of amides is 1. The molecule has 0 atom stereocenters. The van der Waals surface area contributed by atoms with Crippen molar-refractivity contribution in [3.63, 3.8) is 0 Å². The molecule has 0 saturated heterocycles. The number of hydrogen-bond acceptors (Lipinski definition) is 5. The summed E-state index contributed by atoms with van der Waals surface area (Å²) in [5.74, 6) is -2.41. The molecule has 21 heavy (non-hydrogen) atoms. The van der Waals surface area contributed by atoms with Crippen molar-refractivity contribution in [2.24, 2.45) is 0 Å². The number of nitro groups is 1. The van der Waals surface area contributed by atoms with Crippen molar-refractivity contribution >= 4 is 17.6 Å². The van der Waals surface area contributed by atoms with Gasteiger partial charge in [0.05, 0.1) is 4.92 Å². The van der Waals surface area contributed by atoms with Gasteiger partial charge < -0.3 is 10.1 Å². The second-order valence-electron chi connectivity index (χ2n) is 5.19. The van der Waals surface area contributed by atoms with Crippen molar-refractivity contribution in [1.29, 1.82) is 0 Å². The Morgan fingerprint density at radius 1 is 1.38 bits per heavy atom. The van der Waals surface area contributed by atoms with Crippen molar-refractivity contribution in [1.82, 2.24) is 5.32 Å². The van der Waals surface area contributed by atoms with Gasteiger partial charge in [0.15, 0.2) is 0 Å². The number of benzene rings is 1. The van der Waals surface area contributed by atoms with E-state index >= 15 is 0 Å². The summed E-state index contributed by atoms with van der Waals surface area (Å²) >= 11 is 0. The molecule has 0 aliphatic heterocycles. The molecule has 1 amide bonds. The van der Waals surface area contributed by atoms with Crippen LogP contribution in [0, 0.1) is 15.9 Å². The number of esters is 1. The fraction of sp³-hybridized carbons (Fsp3) is 0.385. The predicted octanol–water partition coefficient (Wildman–Crippen LogP) is 1.81.